The smallest absolute Gasteiger partial charge is 0.197 e. The van der Waals surface area contributed by atoms with Crippen LogP contribution < -0.4 is 11.1 Å². The van der Waals surface area contributed by atoms with Crippen LogP contribution in [-0.4, -0.2) is 5.96 Å². The molecule has 3 rings (SSSR count). The number of fused-ring (bicyclic) bond motifs is 1. The van der Waals surface area contributed by atoms with Gasteiger partial charge in [0.15, 0.2) is 5.96 Å². The zero-order valence-electron chi connectivity index (χ0n) is 9.80. The standard InChI is InChI=1S/C15H13N3/c16-15-17-10-13(11-6-2-1-3-7-11)12-8-4-5-9-14(12)18-15/h1-10H,(H3,16,17,18). The van der Waals surface area contributed by atoms with Gasteiger partial charge in [0.1, 0.15) is 0 Å². The Hall–Kier alpha value is -2.55. The van der Waals surface area contributed by atoms with Gasteiger partial charge in [0, 0.05) is 23.0 Å². The Balaban J connectivity index is 2.20. The maximum atomic E-state index is 5.78. The molecule has 3 nitrogen and oxygen atoms in total. The monoisotopic (exact) mass is 235 g/mol. The third-order valence-electron chi connectivity index (χ3n) is 2.90. The minimum absolute atomic E-state index is 0.411. The van der Waals surface area contributed by atoms with Gasteiger partial charge in [-0.25, -0.2) is 4.99 Å². The van der Waals surface area contributed by atoms with Crippen molar-refractivity contribution in [3.63, 3.8) is 0 Å². The molecule has 0 saturated carbocycles. The summed E-state index contributed by atoms with van der Waals surface area (Å²) in [6, 6.07) is 18.2. The average molecular weight is 235 g/mol. The second-order valence-corrected chi connectivity index (χ2v) is 4.09. The summed E-state index contributed by atoms with van der Waals surface area (Å²) in [7, 11) is 0. The SMILES string of the molecule is NC1=NC=C(c2ccccc2)c2ccccc2N1. The van der Waals surface area contributed by atoms with Crippen molar-refractivity contribution >= 4 is 17.2 Å². The topological polar surface area (TPSA) is 50.4 Å². The lowest BCUT2D eigenvalue weighted by atomic mass is 9.97. The van der Waals surface area contributed by atoms with E-state index in [1.54, 1.807) is 0 Å². The third kappa shape index (κ3) is 1.86. The summed E-state index contributed by atoms with van der Waals surface area (Å²) in [6.45, 7) is 0. The van der Waals surface area contributed by atoms with E-state index in [2.05, 4.69) is 28.5 Å². The molecule has 0 radical (unpaired) electrons. The highest BCUT2D eigenvalue weighted by Gasteiger charge is 2.12. The summed E-state index contributed by atoms with van der Waals surface area (Å²) in [5.74, 6) is 0.411. The third-order valence-corrected chi connectivity index (χ3v) is 2.90. The summed E-state index contributed by atoms with van der Waals surface area (Å²) in [5, 5.41) is 3.10. The first-order chi connectivity index (χ1) is 8.84. The van der Waals surface area contributed by atoms with Crippen molar-refractivity contribution in [3.05, 3.63) is 71.9 Å². The summed E-state index contributed by atoms with van der Waals surface area (Å²) in [6.07, 6.45) is 1.81. The van der Waals surface area contributed by atoms with Crippen molar-refractivity contribution in [1.29, 1.82) is 0 Å². The second-order valence-electron chi connectivity index (χ2n) is 4.09. The van der Waals surface area contributed by atoms with Gasteiger partial charge in [-0.05, 0) is 11.6 Å². The lowest BCUT2D eigenvalue weighted by molar-refractivity contribution is 1.48. The maximum absolute atomic E-state index is 5.78. The van der Waals surface area contributed by atoms with Crippen molar-refractivity contribution < 1.29 is 0 Å². The summed E-state index contributed by atoms with van der Waals surface area (Å²) in [5.41, 5.74) is 10.1. The van der Waals surface area contributed by atoms with Crippen molar-refractivity contribution in [2.75, 3.05) is 5.32 Å². The van der Waals surface area contributed by atoms with Crippen LogP contribution in [0.25, 0.3) is 5.57 Å². The summed E-state index contributed by atoms with van der Waals surface area (Å²) >= 11 is 0. The minimum Gasteiger partial charge on any atom is -0.369 e. The van der Waals surface area contributed by atoms with E-state index in [1.807, 2.05) is 42.6 Å². The molecule has 3 N–H and O–H groups in total. The molecule has 1 aliphatic rings. The number of rotatable bonds is 1. The van der Waals surface area contributed by atoms with Crippen LogP contribution >= 0.6 is 0 Å². The molecule has 0 bridgehead atoms. The molecular formula is C15H13N3. The van der Waals surface area contributed by atoms with Crippen molar-refractivity contribution in [3.8, 4) is 0 Å². The first-order valence-electron chi connectivity index (χ1n) is 5.80. The first-order valence-corrected chi connectivity index (χ1v) is 5.80. The number of hydrogen-bond donors (Lipinski definition) is 2. The van der Waals surface area contributed by atoms with E-state index in [-0.39, 0.29) is 0 Å². The Labute approximate surface area is 106 Å². The van der Waals surface area contributed by atoms with E-state index in [1.165, 1.54) is 0 Å². The van der Waals surface area contributed by atoms with Gasteiger partial charge in [0.05, 0.1) is 0 Å². The summed E-state index contributed by atoms with van der Waals surface area (Å²) in [4.78, 5) is 4.22. The second kappa shape index (κ2) is 4.37. The normalized spacial score (nSPS) is 13.8. The van der Waals surface area contributed by atoms with Crippen molar-refractivity contribution in [1.82, 2.24) is 0 Å². The van der Waals surface area contributed by atoms with Gasteiger partial charge in [0.25, 0.3) is 0 Å². The predicted molar refractivity (Wildman–Crippen MR) is 75.2 cm³/mol. The molecule has 0 aliphatic carbocycles. The number of aliphatic imine (C=N–C) groups is 1. The largest absolute Gasteiger partial charge is 0.369 e. The van der Waals surface area contributed by atoms with E-state index in [4.69, 9.17) is 5.73 Å². The lowest BCUT2D eigenvalue weighted by Gasteiger charge is -2.11. The molecule has 1 aliphatic heterocycles. The molecule has 0 saturated heterocycles. The fourth-order valence-electron chi connectivity index (χ4n) is 2.05. The molecule has 0 unspecified atom stereocenters. The highest BCUT2D eigenvalue weighted by molar-refractivity contribution is 6.00. The zero-order valence-corrected chi connectivity index (χ0v) is 9.80. The van der Waals surface area contributed by atoms with E-state index < -0.39 is 0 Å². The minimum atomic E-state index is 0.411. The fraction of sp³-hybridized carbons (Fsp3) is 0. The Morgan fingerprint density at radius 2 is 1.61 bits per heavy atom. The lowest BCUT2D eigenvalue weighted by Crippen LogP contribution is -2.21. The molecule has 0 aromatic heterocycles. The van der Waals surface area contributed by atoms with Gasteiger partial charge in [-0.3, -0.25) is 0 Å². The molecule has 1 heterocycles. The number of nitrogens with one attached hydrogen (secondary N) is 1. The maximum Gasteiger partial charge on any atom is 0.197 e. The van der Waals surface area contributed by atoms with Crippen LogP contribution in [0.5, 0.6) is 0 Å². The highest BCUT2D eigenvalue weighted by Crippen LogP contribution is 2.30. The number of para-hydroxylation sites is 1. The van der Waals surface area contributed by atoms with Crippen LogP contribution in [0.1, 0.15) is 11.1 Å². The molecular weight excluding hydrogens is 222 g/mol. The number of hydrogen-bond acceptors (Lipinski definition) is 3. The molecule has 0 spiro atoms. The Bertz CT molecular complexity index is 627. The van der Waals surface area contributed by atoms with E-state index >= 15 is 0 Å². The molecule has 0 atom stereocenters. The van der Waals surface area contributed by atoms with Crippen LogP contribution in [0.15, 0.2) is 65.8 Å². The molecule has 2 aromatic rings. The van der Waals surface area contributed by atoms with Gasteiger partial charge in [-0.15, -0.1) is 0 Å². The number of nitrogens with two attached hydrogens (primary N) is 1. The van der Waals surface area contributed by atoms with Crippen LogP contribution in [0.4, 0.5) is 5.69 Å². The highest BCUT2D eigenvalue weighted by atomic mass is 15.1. The number of anilines is 1. The van der Waals surface area contributed by atoms with Gasteiger partial charge in [-0.2, -0.15) is 0 Å². The first kappa shape index (κ1) is 10.6. The number of nitrogens with zero attached hydrogens (tertiary/aromatic N) is 1. The molecule has 2 aromatic carbocycles. The van der Waals surface area contributed by atoms with E-state index in [0.29, 0.717) is 5.96 Å². The number of guanidine groups is 1. The van der Waals surface area contributed by atoms with Crippen LogP contribution in [0.2, 0.25) is 0 Å². The fourth-order valence-corrected chi connectivity index (χ4v) is 2.05. The molecule has 0 fully saturated rings. The van der Waals surface area contributed by atoms with Gasteiger partial charge in [0.2, 0.25) is 0 Å². The molecule has 18 heavy (non-hydrogen) atoms. The predicted octanol–water partition coefficient (Wildman–Crippen LogP) is 2.82. The number of benzene rings is 2. The van der Waals surface area contributed by atoms with Gasteiger partial charge < -0.3 is 11.1 Å². The van der Waals surface area contributed by atoms with Crippen molar-refractivity contribution in [2.24, 2.45) is 10.7 Å². The Morgan fingerprint density at radius 3 is 2.44 bits per heavy atom. The Morgan fingerprint density at radius 1 is 0.889 bits per heavy atom. The summed E-state index contributed by atoms with van der Waals surface area (Å²) < 4.78 is 0. The quantitative estimate of drug-likeness (QED) is 0.798. The zero-order chi connectivity index (χ0) is 12.4. The van der Waals surface area contributed by atoms with E-state index in [0.717, 1.165) is 22.4 Å². The molecule has 88 valence electrons. The average Bonchev–Trinajstić information content (AvgIpc) is 2.58. The Kier molecular flexibility index (Phi) is 2.57. The van der Waals surface area contributed by atoms with Crippen LogP contribution in [0.3, 0.4) is 0 Å². The molecule has 3 heteroatoms. The van der Waals surface area contributed by atoms with E-state index in [9.17, 15) is 0 Å². The van der Waals surface area contributed by atoms with Crippen molar-refractivity contribution in [2.45, 2.75) is 0 Å². The van der Waals surface area contributed by atoms with Crippen LogP contribution in [-0.2, 0) is 0 Å². The molecule has 0 amide bonds. The van der Waals surface area contributed by atoms with Gasteiger partial charge in [-0.1, -0.05) is 48.5 Å². The van der Waals surface area contributed by atoms with Crippen LogP contribution in [0, 0.1) is 0 Å². The van der Waals surface area contributed by atoms with Gasteiger partial charge >= 0.3 is 0 Å².